The van der Waals surface area contributed by atoms with Crippen LogP contribution in [0.4, 0.5) is 8.78 Å². The van der Waals surface area contributed by atoms with Gasteiger partial charge in [-0.2, -0.15) is 0 Å². The molecule has 13 heteroatoms. The molecule has 8 nitrogen and oxygen atoms in total. The molecule has 0 bridgehead atoms. The van der Waals surface area contributed by atoms with Crippen molar-refractivity contribution in [3.05, 3.63) is 66.6 Å². The lowest BCUT2D eigenvalue weighted by Crippen LogP contribution is -2.11. The number of amides is 1. The summed E-state index contributed by atoms with van der Waals surface area (Å²) in [4.78, 5) is 19.8. The van der Waals surface area contributed by atoms with Crippen molar-refractivity contribution in [3.8, 4) is 34.3 Å². The highest BCUT2D eigenvalue weighted by molar-refractivity contribution is 14.1. The zero-order valence-electron chi connectivity index (χ0n) is 18.3. The van der Waals surface area contributed by atoms with Crippen LogP contribution in [0.5, 0.6) is 11.5 Å². The normalized spacial score (nSPS) is 13.4. The maximum atomic E-state index is 13.5. The van der Waals surface area contributed by atoms with Gasteiger partial charge in [-0.05, 0) is 66.6 Å². The fourth-order valence-corrected chi connectivity index (χ4v) is 5.09. The van der Waals surface area contributed by atoms with Crippen LogP contribution < -0.4 is 15.2 Å². The molecule has 0 saturated carbocycles. The highest BCUT2D eigenvalue weighted by Crippen LogP contribution is 2.37. The van der Waals surface area contributed by atoms with E-state index in [1.807, 2.05) is 10.8 Å². The van der Waals surface area contributed by atoms with Gasteiger partial charge in [-0.15, -0.1) is 0 Å². The fraction of sp³-hybridized carbons (Fsp3) is 0.174. The first-order chi connectivity index (χ1) is 17.2. The van der Waals surface area contributed by atoms with E-state index < -0.39 is 11.7 Å². The van der Waals surface area contributed by atoms with Gasteiger partial charge in [-0.3, -0.25) is 4.79 Å². The van der Waals surface area contributed by atoms with E-state index in [9.17, 15) is 13.6 Å². The van der Waals surface area contributed by atoms with Crippen LogP contribution in [0.3, 0.4) is 0 Å². The maximum absolute atomic E-state index is 13.5. The Kier molecular flexibility index (Phi) is 7.05. The number of fused-ring (bicyclic) bond motifs is 6. The number of benzene rings is 2. The average Bonchev–Trinajstić information content (AvgIpc) is 3.33. The second-order valence-corrected chi connectivity index (χ2v) is 10.6. The van der Waals surface area contributed by atoms with Crippen molar-refractivity contribution >= 4 is 60.4 Å². The van der Waals surface area contributed by atoms with Crippen LogP contribution in [0.2, 0.25) is 0 Å². The highest BCUT2D eigenvalue weighted by Gasteiger charge is 2.22. The number of imidazole rings is 2. The Labute approximate surface area is 234 Å². The van der Waals surface area contributed by atoms with Crippen molar-refractivity contribution in [1.29, 1.82) is 0 Å². The molecule has 0 saturated heterocycles. The summed E-state index contributed by atoms with van der Waals surface area (Å²) in [6.45, 7) is 2.13. The SMILES string of the molecule is Fc1cc2c(cc1Br)-c1nc(I)cn1CCO2.NC(=O)c1cn2c(n1)-c1cc(Br)c(F)cc1OCC2. The molecule has 4 heterocycles. The number of hydrogen-bond donors (Lipinski definition) is 1. The summed E-state index contributed by atoms with van der Waals surface area (Å²) in [6, 6.07) is 5.99. The number of rotatable bonds is 1. The minimum Gasteiger partial charge on any atom is -0.491 e. The lowest BCUT2D eigenvalue weighted by molar-refractivity contribution is 0.0996. The second-order valence-electron chi connectivity index (χ2n) is 7.81. The lowest BCUT2D eigenvalue weighted by atomic mass is 10.2. The Bertz CT molecular complexity index is 1510. The summed E-state index contributed by atoms with van der Waals surface area (Å²) in [6.07, 6.45) is 3.54. The molecule has 0 spiro atoms. The molecule has 0 radical (unpaired) electrons. The summed E-state index contributed by atoms with van der Waals surface area (Å²) in [5, 5.41) is 0. The summed E-state index contributed by atoms with van der Waals surface area (Å²) in [7, 11) is 0. The first kappa shape index (κ1) is 25.1. The van der Waals surface area contributed by atoms with Gasteiger partial charge in [0.15, 0.2) is 0 Å². The Morgan fingerprint density at radius 1 is 0.889 bits per heavy atom. The molecular weight excluding hydrogens is 719 g/mol. The molecule has 6 rings (SSSR count). The first-order valence-corrected chi connectivity index (χ1v) is 13.2. The van der Waals surface area contributed by atoms with Crippen LogP contribution in [0.15, 0.2) is 45.6 Å². The zero-order valence-corrected chi connectivity index (χ0v) is 23.6. The predicted octanol–water partition coefficient (Wildman–Crippen LogP) is 5.39. The van der Waals surface area contributed by atoms with E-state index in [-0.39, 0.29) is 11.5 Å². The number of nitrogens with two attached hydrogens (primary N) is 1. The molecule has 0 atom stereocenters. The smallest absolute Gasteiger partial charge is 0.268 e. The molecular formula is C23H16Br2F2IN5O3. The van der Waals surface area contributed by atoms with E-state index in [1.165, 1.54) is 12.1 Å². The van der Waals surface area contributed by atoms with E-state index in [0.717, 1.165) is 21.6 Å². The monoisotopic (exact) mass is 733 g/mol. The number of aromatic nitrogens is 4. The second kappa shape index (κ2) is 10.1. The van der Waals surface area contributed by atoms with Crippen molar-refractivity contribution in [1.82, 2.24) is 19.1 Å². The van der Waals surface area contributed by atoms with E-state index >= 15 is 0 Å². The lowest BCUT2D eigenvalue weighted by Gasteiger charge is -2.07. The summed E-state index contributed by atoms with van der Waals surface area (Å²) in [5.41, 5.74) is 6.85. The number of hydrogen-bond acceptors (Lipinski definition) is 5. The van der Waals surface area contributed by atoms with Gasteiger partial charge in [0, 0.05) is 24.5 Å². The van der Waals surface area contributed by atoms with Gasteiger partial charge in [0.25, 0.3) is 5.91 Å². The average molecular weight is 735 g/mol. The predicted molar refractivity (Wildman–Crippen MR) is 143 cm³/mol. The molecule has 4 aromatic rings. The molecule has 2 aliphatic rings. The Balaban J connectivity index is 0.000000149. The van der Waals surface area contributed by atoms with E-state index in [4.69, 9.17) is 15.2 Å². The molecule has 2 N–H and O–H groups in total. The number of carbonyl (C=O) groups excluding carboxylic acids is 1. The third kappa shape index (κ3) is 4.87. The number of nitrogens with zero attached hydrogens (tertiary/aromatic N) is 4. The minimum atomic E-state index is -0.593. The summed E-state index contributed by atoms with van der Waals surface area (Å²) in [5.74, 6) is 0.994. The molecule has 186 valence electrons. The van der Waals surface area contributed by atoms with Crippen LogP contribution in [0.25, 0.3) is 22.8 Å². The first-order valence-electron chi connectivity index (χ1n) is 10.6. The maximum Gasteiger partial charge on any atom is 0.268 e. The van der Waals surface area contributed by atoms with Gasteiger partial charge < -0.3 is 24.3 Å². The van der Waals surface area contributed by atoms with Crippen LogP contribution in [-0.2, 0) is 13.1 Å². The Morgan fingerprint density at radius 3 is 1.92 bits per heavy atom. The van der Waals surface area contributed by atoms with Crippen molar-refractivity contribution in [2.75, 3.05) is 13.2 Å². The van der Waals surface area contributed by atoms with E-state index in [0.29, 0.717) is 51.6 Å². The summed E-state index contributed by atoms with van der Waals surface area (Å²) >= 11 is 8.49. The zero-order chi connectivity index (χ0) is 25.6. The third-order valence-corrected chi connectivity index (χ3v) is 7.22. The molecule has 0 unspecified atom stereocenters. The van der Waals surface area contributed by atoms with Gasteiger partial charge in [-0.1, -0.05) is 0 Å². The highest BCUT2D eigenvalue weighted by atomic mass is 127. The molecule has 2 aromatic heterocycles. The Hall–Kier alpha value is -2.52. The molecule has 2 aliphatic heterocycles. The van der Waals surface area contributed by atoms with Crippen LogP contribution in [-0.4, -0.2) is 38.2 Å². The number of halogens is 5. The van der Waals surface area contributed by atoms with Gasteiger partial charge in [-0.25, -0.2) is 18.7 Å². The molecule has 0 fully saturated rings. The Morgan fingerprint density at radius 2 is 1.39 bits per heavy atom. The summed E-state index contributed by atoms with van der Waals surface area (Å²) < 4.78 is 43.5. The van der Waals surface area contributed by atoms with Crippen LogP contribution >= 0.6 is 54.5 Å². The molecule has 36 heavy (non-hydrogen) atoms. The van der Waals surface area contributed by atoms with Crippen LogP contribution in [0, 0.1) is 15.3 Å². The van der Waals surface area contributed by atoms with Crippen molar-refractivity contribution < 1.29 is 23.0 Å². The van der Waals surface area contributed by atoms with E-state index in [2.05, 4.69) is 64.4 Å². The number of ether oxygens (including phenoxy) is 2. The minimum absolute atomic E-state index is 0.184. The van der Waals surface area contributed by atoms with Gasteiger partial charge >= 0.3 is 0 Å². The van der Waals surface area contributed by atoms with E-state index in [1.54, 1.807) is 22.9 Å². The van der Waals surface area contributed by atoms with Crippen molar-refractivity contribution in [2.45, 2.75) is 13.1 Å². The standard InChI is InChI=1S/C12H9BrFN3O2.C11H7BrFIN2O/c13-7-3-6-10(4-8(7)14)19-2-1-17-5-9(11(15)18)16-12(6)17;12-7-3-6-9(4-8(7)13)17-2-1-16-5-10(14)15-11(6)16/h3-5H,1-2H2,(H2,15,18);3-5H,1-2H2. The number of carbonyl (C=O) groups is 1. The largest absolute Gasteiger partial charge is 0.491 e. The topological polar surface area (TPSA) is 97.2 Å². The van der Waals surface area contributed by atoms with Crippen LogP contribution in [0.1, 0.15) is 10.5 Å². The van der Waals surface area contributed by atoms with Crippen molar-refractivity contribution in [3.63, 3.8) is 0 Å². The quantitative estimate of drug-likeness (QED) is 0.265. The molecule has 2 aromatic carbocycles. The molecule has 1 amide bonds. The van der Waals surface area contributed by atoms with Gasteiger partial charge in [0.1, 0.15) is 57.4 Å². The fourth-order valence-electron chi connectivity index (χ4n) is 3.84. The molecule has 0 aliphatic carbocycles. The van der Waals surface area contributed by atoms with Gasteiger partial charge in [0.05, 0.1) is 33.2 Å². The van der Waals surface area contributed by atoms with Crippen molar-refractivity contribution in [2.24, 2.45) is 5.73 Å². The van der Waals surface area contributed by atoms with Gasteiger partial charge in [0.2, 0.25) is 0 Å². The third-order valence-electron chi connectivity index (χ3n) is 5.48. The number of primary amides is 1.